The Morgan fingerprint density at radius 3 is 2.55 bits per heavy atom. The number of phenols is 1. The number of rotatable bonds is 5. The number of carbonyl (C=O) groups excluding carboxylic acids is 2. The zero-order chi connectivity index (χ0) is 23.7. The van der Waals surface area contributed by atoms with Gasteiger partial charge >= 0.3 is 5.97 Å². The van der Waals surface area contributed by atoms with Gasteiger partial charge in [0.2, 0.25) is 0 Å². The van der Waals surface area contributed by atoms with Crippen LogP contribution in [0.25, 0.3) is 0 Å². The molecule has 6 heteroatoms. The number of allylic oxidation sites excluding steroid dienone is 3. The first-order chi connectivity index (χ1) is 15.7. The molecule has 2 N–H and O–H groups in total. The van der Waals surface area contributed by atoms with Crippen LogP contribution in [0.3, 0.4) is 0 Å². The molecule has 2 atom stereocenters. The molecule has 2 aromatic carbocycles. The van der Waals surface area contributed by atoms with Crippen LogP contribution in [0.15, 0.2) is 71.1 Å². The van der Waals surface area contributed by atoms with Crippen molar-refractivity contribution in [1.29, 1.82) is 0 Å². The van der Waals surface area contributed by atoms with E-state index in [1.165, 1.54) is 0 Å². The summed E-state index contributed by atoms with van der Waals surface area (Å²) >= 11 is 6.04. The molecule has 0 radical (unpaired) electrons. The number of aromatic hydroxyl groups is 1. The van der Waals surface area contributed by atoms with Gasteiger partial charge in [-0.15, -0.1) is 0 Å². The predicted molar refractivity (Wildman–Crippen MR) is 128 cm³/mol. The highest BCUT2D eigenvalue weighted by molar-refractivity contribution is 6.30. The van der Waals surface area contributed by atoms with Crippen molar-refractivity contribution < 1.29 is 19.4 Å². The molecule has 2 aromatic rings. The molecule has 4 rings (SSSR count). The Balaban J connectivity index is 1.76. The fraction of sp³-hybridized carbons (Fsp3) is 0.333. The Labute approximate surface area is 199 Å². The Bertz CT molecular complexity index is 1150. The average Bonchev–Trinajstić information content (AvgIpc) is 2.76. The van der Waals surface area contributed by atoms with Crippen LogP contribution in [-0.2, 0) is 14.3 Å². The monoisotopic (exact) mass is 465 g/mol. The lowest BCUT2D eigenvalue weighted by atomic mass is 9.71. The highest BCUT2D eigenvalue weighted by Crippen LogP contribution is 2.46. The summed E-state index contributed by atoms with van der Waals surface area (Å²) in [4.78, 5) is 26.7. The summed E-state index contributed by atoms with van der Waals surface area (Å²) in [5.41, 5.74) is 4.22. The number of Topliss-reactive ketones (excluding diaryl/α,β-unsaturated/α-hetero) is 1. The maximum Gasteiger partial charge on any atom is 0.336 e. The third-order valence-corrected chi connectivity index (χ3v) is 6.39. The Hall–Kier alpha value is -3.05. The first kappa shape index (κ1) is 23.1. The van der Waals surface area contributed by atoms with E-state index in [1.54, 1.807) is 18.2 Å². The Morgan fingerprint density at radius 2 is 1.88 bits per heavy atom. The fourth-order valence-electron chi connectivity index (χ4n) is 4.64. The van der Waals surface area contributed by atoms with Gasteiger partial charge < -0.3 is 15.2 Å². The molecule has 0 fully saturated rings. The lowest BCUT2D eigenvalue weighted by Gasteiger charge is -2.36. The van der Waals surface area contributed by atoms with E-state index in [0.717, 1.165) is 11.3 Å². The number of hydrogen-bond acceptors (Lipinski definition) is 5. The topological polar surface area (TPSA) is 75.6 Å². The second-order valence-electron chi connectivity index (χ2n) is 9.16. The third kappa shape index (κ3) is 4.83. The van der Waals surface area contributed by atoms with E-state index < -0.39 is 11.9 Å². The van der Waals surface area contributed by atoms with E-state index in [9.17, 15) is 14.7 Å². The molecule has 0 saturated carbocycles. The highest BCUT2D eigenvalue weighted by Gasteiger charge is 2.41. The molecule has 0 saturated heterocycles. The van der Waals surface area contributed by atoms with E-state index in [0.29, 0.717) is 46.9 Å². The van der Waals surface area contributed by atoms with Crippen molar-refractivity contribution in [2.45, 2.75) is 45.4 Å². The number of ketones is 1. The zero-order valence-electron chi connectivity index (χ0n) is 19.0. The van der Waals surface area contributed by atoms with Gasteiger partial charge in [-0.25, -0.2) is 4.79 Å². The summed E-state index contributed by atoms with van der Waals surface area (Å²) < 4.78 is 5.57. The summed E-state index contributed by atoms with van der Waals surface area (Å²) in [6.07, 6.45) is 0.981. The van der Waals surface area contributed by atoms with Gasteiger partial charge in [0.15, 0.2) is 5.78 Å². The number of esters is 1. The summed E-state index contributed by atoms with van der Waals surface area (Å²) in [6.45, 7) is 6.08. The van der Waals surface area contributed by atoms with Crippen LogP contribution in [0.4, 0.5) is 0 Å². The second-order valence-corrected chi connectivity index (χ2v) is 9.59. The molecular formula is C27H28ClNO4. The van der Waals surface area contributed by atoms with Gasteiger partial charge in [-0.3, -0.25) is 4.79 Å². The van der Waals surface area contributed by atoms with Crippen LogP contribution in [0.2, 0.25) is 5.02 Å². The van der Waals surface area contributed by atoms with Crippen LogP contribution in [0.1, 0.15) is 56.6 Å². The van der Waals surface area contributed by atoms with E-state index >= 15 is 0 Å². The van der Waals surface area contributed by atoms with Crippen molar-refractivity contribution in [2.24, 2.45) is 5.92 Å². The van der Waals surface area contributed by atoms with E-state index in [2.05, 4.69) is 5.32 Å². The minimum atomic E-state index is -0.591. The van der Waals surface area contributed by atoms with Crippen molar-refractivity contribution in [3.05, 3.63) is 87.2 Å². The van der Waals surface area contributed by atoms with Gasteiger partial charge in [0.25, 0.3) is 0 Å². The first-order valence-electron chi connectivity index (χ1n) is 11.2. The summed E-state index contributed by atoms with van der Waals surface area (Å²) in [5, 5.41) is 14.1. The van der Waals surface area contributed by atoms with Gasteiger partial charge in [0.1, 0.15) is 5.75 Å². The van der Waals surface area contributed by atoms with Gasteiger partial charge in [-0.2, -0.15) is 0 Å². The standard InChI is InChI=1S/C27H28ClNO4/c1-15(2)14-33-27(32)24-16(3)29-22-12-19(17-7-9-20(28)10-8-17)13-23(31)26(22)25(24)18-5-4-6-21(30)11-18/h4-11,15,19,25,29-30H,12-14H2,1-3H3/t19-,25-/m0/s1. The first-order valence-corrected chi connectivity index (χ1v) is 11.6. The van der Waals surface area contributed by atoms with Gasteiger partial charge in [-0.05, 0) is 60.6 Å². The number of phenolic OH excluding ortho intramolecular Hbond substituents is 1. The number of ether oxygens (including phenoxy) is 1. The zero-order valence-corrected chi connectivity index (χ0v) is 19.8. The molecule has 172 valence electrons. The smallest absolute Gasteiger partial charge is 0.336 e. The number of nitrogens with one attached hydrogen (secondary N) is 1. The summed E-state index contributed by atoms with van der Waals surface area (Å²) in [6, 6.07) is 14.3. The van der Waals surface area contributed by atoms with E-state index in [-0.39, 0.29) is 23.4 Å². The Morgan fingerprint density at radius 1 is 1.15 bits per heavy atom. The van der Waals surface area contributed by atoms with Crippen molar-refractivity contribution >= 4 is 23.4 Å². The lowest BCUT2D eigenvalue weighted by Crippen LogP contribution is -2.36. The fourth-order valence-corrected chi connectivity index (χ4v) is 4.76. The molecule has 33 heavy (non-hydrogen) atoms. The van der Waals surface area contributed by atoms with Crippen molar-refractivity contribution in [3.8, 4) is 5.75 Å². The third-order valence-electron chi connectivity index (χ3n) is 6.14. The molecule has 0 bridgehead atoms. The van der Waals surface area contributed by atoms with Crippen molar-refractivity contribution in [2.75, 3.05) is 6.61 Å². The van der Waals surface area contributed by atoms with Crippen molar-refractivity contribution in [1.82, 2.24) is 5.32 Å². The van der Waals surface area contributed by atoms with Gasteiger partial charge in [-0.1, -0.05) is 49.7 Å². The number of dihydropyridines is 1. The van der Waals surface area contributed by atoms with E-state index in [1.807, 2.05) is 51.1 Å². The normalized spacial score (nSPS) is 20.6. The van der Waals surface area contributed by atoms with Crippen LogP contribution in [-0.4, -0.2) is 23.5 Å². The number of benzene rings is 2. The quantitative estimate of drug-likeness (QED) is 0.561. The SMILES string of the molecule is CC1=C(C(=O)OCC(C)C)[C@H](c2cccc(O)c2)C2=C(C[C@H](c3ccc(Cl)cc3)CC2=O)N1. The second kappa shape index (κ2) is 9.44. The maximum atomic E-state index is 13.5. The lowest BCUT2D eigenvalue weighted by molar-refractivity contribution is -0.140. The molecule has 2 aliphatic rings. The van der Waals surface area contributed by atoms with Gasteiger partial charge in [0.05, 0.1) is 12.2 Å². The molecule has 0 unspecified atom stereocenters. The Kier molecular flexibility index (Phi) is 6.61. The largest absolute Gasteiger partial charge is 0.508 e. The number of carbonyl (C=O) groups is 2. The van der Waals surface area contributed by atoms with Crippen LogP contribution < -0.4 is 5.32 Å². The molecule has 1 aliphatic carbocycles. The molecule has 0 spiro atoms. The molecule has 0 amide bonds. The van der Waals surface area contributed by atoms with Crippen LogP contribution in [0, 0.1) is 5.92 Å². The highest BCUT2D eigenvalue weighted by atomic mass is 35.5. The van der Waals surface area contributed by atoms with Crippen LogP contribution >= 0.6 is 11.6 Å². The minimum absolute atomic E-state index is 0.0151. The summed E-state index contributed by atoms with van der Waals surface area (Å²) in [5.74, 6) is -0.750. The van der Waals surface area contributed by atoms with Crippen LogP contribution in [0.5, 0.6) is 5.75 Å². The average molecular weight is 466 g/mol. The predicted octanol–water partition coefficient (Wildman–Crippen LogP) is 5.61. The maximum absolute atomic E-state index is 13.5. The number of halogens is 1. The molecule has 5 nitrogen and oxygen atoms in total. The molecule has 0 aromatic heterocycles. The minimum Gasteiger partial charge on any atom is -0.508 e. The molecule has 1 heterocycles. The molecular weight excluding hydrogens is 438 g/mol. The summed E-state index contributed by atoms with van der Waals surface area (Å²) in [7, 11) is 0. The van der Waals surface area contributed by atoms with Gasteiger partial charge in [0, 0.05) is 34.3 Å². The van der Waals surface area contributed by atoms with E-state index in [4.69, 9.17) is 16.3 Å². The molecule has 1 aliphatic heterocycles. The van der Waals surface area contributed by atoms with Crippen molar-refractivity contribution in [3.63, 3.8) is 0 Å². The number of hydrogen-bond donors (Lipinski definition) is 2.